The molecule has 1 heterocycles. The van der Waals surface area contributed by atoms with Crippen molar-refractivity contribution >= 4 is 0 Å². The molecule has 1 aromatic carbocycles. The molecule has 2 atom stereocenters. The van der Waals surface area contributed by atoms with Crippen molar-refractivity contribution in [1.82, 2.24) is 9.97 Å². The van der Waals surface area contributed by atoms with Crippen molar-refractivity contribution in [2.75, 3.05) is 6.61 Å². The van der Waals surface area contributed by atoms with E-state index in [0.29, 0.717) is 0 Å². The first-order chi connectivity index (χ1) is 14.8. The third-order valence-electron chi connectivity index (χ3n) is 6.66. The lowest BCUT2D eigenvalue weighted by Crippen LogP contribution is -2.20. The number of hydrogen-bond acceptors (Lipinski definition) is 3. The fourth-order valence-corrected chi connectivity index (χ4v) is 4.85. The molecular formula is C27H40N2O. The Morgan fingerprint density at radius 1 is 0.833 bits per heavy atom. The molecule has 1 fully saturated rings. The lowest BCUT2D eigenvalue weighted by molar-refractivity contribution is 0.190. The molecule has 1 aliphatic carbocycles. The van der Waals surface area contributed by atoms with Crippen molar-refractivity contribution in [1.29, 1.82) is 0 Å². The highest BCUT2D eigenvalue weighted by molar-refractivity contribution is 5.58. The van der Waals surface area contributed by atoms with Crippen LogP contribution >= 0.6 is 0 Å². The third-order valence-corrected chi connectivity index (χ3v) is 6.66. The van der Waals surface area contributed by atoms with Crippen molar-refractivity contribution in [3.8, 4) is 17.0 Å². The van der Waals surface area contributed by atoms with Crippen LogP contribution in [-0.4, -0.2) is 16.6 Å². The maximum atomic E-state index is 6.03. The van der Waals surface area contributed by atoms with Gasteiger partial charge in [0.05, 0.1) is 24.2 Å². The van der Waals surface area contributed by atoms with Gasteiger partial charge in [0.2, 0.25) is 0 Å². The first kappa shape index (κ1) is 22.8. The van der Waals surface area contributed by atoms with Crippen LogP contribution in [0.2, 0.25) is 0 Å². The van der Waals surface area contributed by atoms with Crippen LogP contribution in [0, 0.1) is 18.8 Å². The number of nitrogens with zero attached hydrogens (tertiary/aromatic N) is 2. The molecule has 0 N–H and O–H groups in total. The van der Waals surface area contributed by atoms with E-state index in [-0.39, 0.29) is 0 Å². The monoisotopic (exact) mass is 408 g/mol. The zero-order valence-corrected chi connectivity index (χ0v) is 19.1. The maximum absolute atomic E-state index is 6.03. The summed E-state index contributed by atoms with van der Waals surface area (Å²) >= 11 is 0. The van der Waals surface area contributed by atoms with Gasteiger partial charge in [0.25, 0.3) is 0 Å². The van der Waals surface area contributed by atoms with Crippen LogP contribution in [0.1, 0.15) is 89.7 Å². The van der Waals surface area contributed by atoms with E-state index in [1.807, 2.05) is 19.3 Å². The van der Waals surface area contributed by atoms with Gasteiger partial charge in [0.15, 0.2) is 0 Å². The molecule has 2 unspecified atom stereocenters. The average Bonchev–Trinajstić information content (AvgIpc) is 2.78. The summed E-state index contributed by atoms with van der Waals surface area (Å²) in [5.41, 5.74) is 2.93. The minimum Gasteiger partial charge on any atom is -0.494 e. The van der Waals surface area contributed by atoms with Crippen LogP contribution in [0.3, 0.4) is 0 Å². The summed E-state index contributed by atoms with van der Waals surface area (Å²) in [6.07, 6.45) is 20.4. The second-order valence-electron chi connectivity index (χ2n) is 9.07. The van der Waals surface area contributed by atoms with Gasteiger partial charge in [0, 0.05) is 11.8 Å². The van der Waals surface area contributed by atoms with E-state index in [2.05, 4.69) is 41.2 Å². The van der Waals surface area contributed by atoms with Crippen LogP contribution in [0.5, 0.6) is 5.75 Å². The van der Waals surface area contributed by atoms with Gasteiger partial charge >= 0.3 is 0 Å². The molecule has 164 valence electrons. The second kappa shape index (κ2) is 12.7. The Hall–Kier alpha value is -1.90. The molecule has 3 rings (SSSR count). The Kier molecular flexibility index (Phi) is 9.66. The highest BCUT2D eigenvalue weighted by Gasteiger charge is 2.24. The van der Waals surface area contributed by atoms with Crippen LogP contribution in [0.15, 0.2) is 36.7 Å². The van der Waals surface area contributed by atoms with Crippen molar-refractivity contribution in [3.05, 3.63) is 42.4 Å². The number of benzene rings is 1. The highest BCUT2D eigenvalue weighted by atomic mass is 16.5. The fraction of sp³-hybridized carbons (Fsp3) is 0.630. The first-order valence-electron chi connectivity index (χ1n) is 12.3. The predicted octanol–water partition coefficient (Wildman–Crippen LogP) is 7.78. The predicted molar refractivity (Wildman–Crippen MR) is 126 cm³/mol. The normalized spacial score (nSPS) is 19.0. The average molecular weight is 409 g/mol. The van der Waals surface area contributed by atoms with Gasteiger partial charge in [-0.15, -0.1) is 0 Å². The summed E-state index contributed by atoms with van der Waals surface area (Å²) in [6, 6.07) is 8.25. The van der Waals surface area contributed by atoms with Crippen molar-refractivity contribution in [3.63, 3.8) is 0 Å². The van der Waals surface area contributed by atoms with E-state index < -0.39 is 0 Å². The minimum atomic E-state index is 0.823. The number of hydrogen-bond donors (Lipinski definition) is 0. The molecule has 0 bridgehead atoms. The molecule has 3 heteroatoms. The molecule has 1 aromatic heterocycles. The Balaban J connectivity index is 1.37. The summed E-state index contributed by atoms with van der Waals surface area (Å²) < 4.78 is 6.03. The van der Waals surface area contributed by atoms with Crippen LogP contribution < -0.4 is 4.74 Å². The van der Waals surface area contributed by atoms with Gasteiger partial charge in [-0.2, -0.15) is 0 Å². The minimum absolute atomic E-state index is 0.823. The maximum Gasteiger partial charge on any atom is 0.119 e. The Bertz CT molecular complexity index is 711. The zero-order chi connectivity index (χ0) is 21.0. The summed E-state index contributed by atoms with van der Waals surface area (Å²) in [7, 11) is 0. The smallest absolute Gasteiger partial charge is 0.119 e. The molecule has 0 saturated heterocycles. The van der Waals surface area contributed by atoms with Crippen molar-refractivity contribution in [2.24, 2.45) is 11.8 Å². The molecule has 30 heavy (non-hydrogen) atoms. The molecule has 0 spiro atoms. The second-order valence-corrected chi connectivity index (χ2v) is 9.07. The number of ether oxygens (including phenoxy) is 1. The number of unbranched alkanes of at least 4 members (excludes halogenated alkanes) is 4. The largest absolute Gasteiger partial charge is 0.494 e. The van der Waals surface area contributed by atoms with Crippen LogP contribution in [0.4, 0.5) is 0 Å². The molecule has 0 radical (unpaired) electrons. The van der Waals surface area contributed by atoms with E-state index in [1.165, 1.54) is 77.0 Å². The lowest BCUT2D eigenvalue weighted by Gasteiger charge is -2.31. The lowest BCUT2D eigenvalue weighted by atomic mass is 9.74. The number of rotatable bonds is 12. The van der Waals surface area contributed by atoms with E-state index in [4.69, 9.17) is 4.74 Å². The van der Waals surface area contributed by atoms with Gasteiger partial charge in [-0.1, -0.05) is 71.1 Å². The molecule has 1 aliphatic rings. The Morgan fingerprint density at radius 3 is 2.20 bits per heavy atom. The fourth-order valence-electron chi connectivity index (χ4n) is 4.85. The number of aryl methyl sites for hydroxylation is 1. The standard InChI is InChI=1S/C27H40N2O/c1-3-4-5-6-7-11-23-12-8-9-13-24(23)14-10-19-30-26-17-15-25(16-18-26)27-21-28-22(2)20-29-27/h15-18,20-21,23-24H,3-14,19H2,1-2H3. The summed E-state index contributed by atoms with van der Waals surface area (Å²) in [4.78, 5) is 8.77. The van der Waals surface area contributed by atoms with Crippen LogP contribution in [-0.2, 0) is 0 Å². The molecule has 0 aliphatic heterocycles. The molecule has 1 saturated carbocycles. The summed E-state index contributed by atoms with van der Waals surface area (Å²) in [5.74, 6) is 2.85. The van der Waals surface area contributed by atoms with Gasteiger partial charge in [-0.3, -0.25) is 9.97 Å². The third kappa shape index (κ3) is 7.41. The molecule has 2 aromatic rings. The quantitative estimate of drug-likeness (QED) is 0.336. The highest BCUT2D eigenvalue weighted by Crippen LogP contribution is 2.36. The van der Waals surface area contributed by atoms with Crippen LogP contribution in [0.25, 0.3) is 11.3 Å². The van der Waals surface area contributed by atoms with Gasteiger partial charge in [-0.05, 0) is 55.9 Å². The van der Waals surface area contributed by atoms with Gasteiger partial charge in [-0.25, -0.2) is 0 Å². The van der Waals surface area contributed by atoms with Gasteiger partial charge in [0.1, 0.15) is 5.75 Å². The zero-order valence-electron chi connectivity index (χ0n) is 19.1. The van der Waals surface area contributed by atoms with E-state index in [9.17, 15) is 0 Å². The van der Waals surface area contributed by atoms with Crippen molar-refractivity contribution < 1.29 is 4.74 Å². The molecule has 3 nitrogen and oxygen atoms in total. The Morgan fingerprint density at radius 2 is 1.53 bits per heavy atom. The van der Waals surface area contributed by atoms with E-state index >= 15 is 0 Å². The molecular weight excluding hydrogens is 368 g/mol. The van der Waals surface area contributed by atoms with Crippen molar-refractivity contribution in [2.45, 2.75) is 90.9 Å². The van der Waals surface area contributed by atoms with E-state index in [0.717, 1.165) is 41.1 Å². The molecule has 0 amide bonds. The first-order valence-corrected chi connectivity index (χ1v) is 12.3. The summed E-state index contributed by atoms with van der Waals surface area (Å²) in [5, 5.41) is 0. The Labute approximate surface area is 183 Å². The van der Waals surface area contributed by atoms with Gasteiger partial charge < -0.3 is 4.74 Å². The SMILES string of the molecule is CCCCCCCC1CCCCC1CCCOc1ccc(-c2cnc(C)cn2)cc1. The summed E-state index contributed by atoms with van der Waals surface area (Å²) in [6.45, 7) is 5.08. The topological polar surface area (TPSA) is 35.0 Å². The number of aromatic nitrogens is 2. The van der Waals surface area contributed by atoms with E-state index in [1.54, 1.807) is 0 Å².